The molecule has 2 N–H and O–H groups in total. The van der Waals surface area contributed by atoms with Crippen LogP contribution in [0.4, 0.5) is 17.2 Å². The van der Waals surface area contributed by atoms with Gasteiger partial charge < -0.3 is 10.4 Å². The molecule has 2 heterocycles. The summed E-state index contributed by atoms with van der Waals surface area (Å²) in [6.45, 7) is 1.92. The summed E-state index contributed by atoms with van der Waals surface area (Å²) in [4.78, 5) is 21.5. The van der Waals surface area contributed by atoms with E-state index >= 15 is 0 Å². The fourth-order valence-corrected chi connectivity index (χ4v) is 3.71. The van der Waals surface area contributed by atoms with Gasteiger partial charge in [-0.2, -0.15) is 15.0 Å². The minimum absolute atomic E-state index is 0.0497. The molecule has 0 spiro atoms. The number of nitriles is 1. The van der Waals surface area contributed by atoms with Crippen LogP contribution in [0.5, 0.6) is 5.75 Å². The van der Waals surface area contributed by atoms with Crippen LogP contribution >= 0.6 is 0 Å². The number of hydrogen-bond acceptors (Lipinski definition) is 8. The summed E-state index contributed by atoms with van der Waals surface area (Å²) < 4.78 is 1.27. The third-order valence-corrected chi connectivity index (χ3v) is 5.36. The van der Waals surface area contributed by atoms with Gasteiger partial charge in [0.1, 0.15) is 17.3 Å². The number of aromatic nitrogens is 4. The summed E-state index contributed by atoms with van der Waals surface area (Å²) in [5.74, 6) is -0.550. The van der Waals surface area contributed by atoms with Crippen LogP contribution in [0.3, 0.4) is 0 Å². The second-order valence-corrected chi connectivity index (χ2v) is 7.82. The number of aryl methyl sites for hydroxylation is 1. The Balaban J connectivity index is 1.60. The Hall–Kier alpha value is -5.43. The van der Waals surface area contributed by atoms with E-state index in [9.17, 15) is 15.2 Å². The molecule has 174 valence electrons. The molecular weight excluding hydrogens is 456 g/mol. The molecular formula is C26H18N8O2. The highest BCUT2D eigenvalue weighted by Gasteiger charge is 2.20. The average Bonchev–Trinajstić information content (AvgIpc) is 3.31. The molecule has 0 radical (unpaired) electrons. The third-order valence-electron chi connectivity index (χ3n) is 5.36. The molecule has 1 amide bonds. The van der Waals surface area contributed by atoms with Crippen molar-refractivity contribution in [3.63, 3.8) is 0 Å². The van der Waals surface area contributed by atoms with Gasteiger partial charge in [0.2, 0.25) is 0 Å². The van der Waals surface area contributed by atoms with Gasteiger partial charge in [-0.05, 0) is 47.5 Å². The Morgan fingerprint density at radius 2 is 1.86 bits per heavy atom. The van der Waals surface area contributed by atoms with Gasteiger partial charge in [0, 0.05) is 18.1 Å². The van der Waals surface area contributed by atoms with Gasteiger partial charge in [0.25, 0.3) is 11.9 Å². The van der Waals surface area contributed by atoms with Gasteiger partial charge in [0.05, 0.1) is 11.8 Å². The molecule has 0 unspecified atom stereocenters. The number of carbonyl (C=O) groups excluding carboxylic acids is 1. The summed E-state index contributed by atoms with van der Waals surface area (Å²) in [5, 5.41) is 37.2. The van der Waals surface area contributed by atoms with Crippen molar-refractivity contribution in [2.45, 2.75) is 6.92 Å². The van der Waals surface area contributed by atoms with Crippen molar-refractivity contribution < 1.29 is 9.90 Å². The average molecular weight is 474 g/mol. The van der Waals surface area contributed by atoms with E-state index in [1.807, 2.05) is 37.3 Å². The molecule has 0 saturated carbocycles. The quantitative estimate of drug-likeness (QED) is 0.328. The van der Waals surface area contributed by atoms with E-state index in [0.29, 0.717) is 16.5 Å². The van der Waals surface area contributed by atoms with Crippen LogP contribution in [0, 0.1) is 18.3 Å². The predicted molar refractivity (Wildman–Crippen MR) is 133 cm³/mol. The maximum absolute atomic E-state index is 13.3. The van der Waals surface area contributed by atoms with Crippen LogP contribution in [0.1, 0.15) is 21.5 Å². The highest BCUT2D eigenvalue weighted by atomic mass is 16.3. The molecule has 0 aliphatic rings. The Morgan fingerprint density at radius 1 is 1.06 bits per heavy atom. The van der Waals surface area contributed by atoms with Crippen molar-refractivity contribution >= 4 is 33.9 Å². The lowest BCUT2D eigenvalue weighted by Crippen LogP contribution is -2.13. The van der Waals surface area contributed by atoms with Crippen molar-refractivity contribution in [2.75, 3.05) is 5.32 Å². The first-order valence-corrected chi connectivity index (χ1v) is 10.8. The normalized spacial score (nSPS) is 11.0. The largest absolute Gasteiger partial charge is 0.505 e. The first-order valence-electron chi connectivity index (χ1n) is 10.8. The van der Waals surface area contributed by atoms with Crippen molar-refractivity contribution in [1.82, 2.24) is 19.7 Å². The number of hydrogen-bond donors (Lipinski definition) is 2. The third kappa shape index (κ3) is 4.24. The van der Waals surface area contributed by atoms with Gasteiger partial charge in [-0.3, -0.25) is 4.79 Å². The smallest absolute Gasteiger partial charge is 0.260 e. The van der Waals surface area contributed by atoms with Crippen LogP contribution in [0.2, 0.25) is 0 Å². The zero-order valence-electron chi connectivity index (χ0n) is 19.0. The minimum atomic E-state index is -0.494. The Labute approximate surface area is 205 Å². The molecule has 0 aliphatic carbocycles. The molecule has 10 nitrogen and oxygen atoms in total. The molecule has 0 bridgehead atoms. The summed E-state index contributed by atoms with van der Waals surface area (Å²) >= 11 is 0. The SMILES string of the molecule is Cc1cccc(NC(=O)c2c(O)c(N=Nc3c(C#N)cnn3-c3ncccn3)cc3ccccc23)c1. The van der Waals surface area contributed by atoms with Crippen LogP contribution in [0.15, 0.2) is 89.5 Å². The molecule has 10 heteroatoms. The monoisotopic (exact) mass is 474 g/mol. The summed E-state index contributed by atoms with van der Waals surface area (Å²) in [6.07, 6.45) is 4.39. The number of phenolic OH excluding ortho intramolecular Hbond substituents is 1. The Bertz CT molecular complexity index is 1670. The summed E-state index contributed by atoms with van der Waals surface area (Å²) in [7, 11) is 0. The summed E-state index contributed by atoms with van der Waals surface area (Å²) in [6, 6.07) is 19.8. The highest BCUT2D eigenvalue weighted by Crippen LogP contribution is 2.38. The molecule has 0 aliphatic heterocycles. The maximum Gasteiger partial charge on any atom is 0.260 e. The lowest BCUT2D eigenvalue weighted by atomic mass is 10.0. The zero-order valence-corrected chi connectivity index (χ0v) is 19.0. The zero-order chi connectivity index (χ0) is 25.1. The van der Waals surface area contributed by atoms with Crippen LogP contribution in [0.25, 0.3) is 16.7 Å². The Kier molecular flexibility index (Phi) is 5.86. The predicted octanol–water partition coefficient (Wildman–Crippen LogP) is 5.37. The number of anilines is 1. The molecule has 0 fully saturated rings. The number of nitrogens with one attached hydrogen (secondary N) is 1. The van der Waals surface area contributed by atoms with E-state index in [4.69, 9.17) is 0 Å². The lowest BCUT2D eigenvalue weighted by molar-refractivity contribution is 0.102. The second-order valence-electron chi connectivity index (χ2n) is 7.82. The van der Waals surface area contributed by atoms with Crippen molar-refractivity contribution in [1.29, 1.82) is 5.26 Å². The van der Waals surface area contributed by atoms with E-state index in [0.717, 1.165) is 5.56 Å². The number of azo groups is 1. The second kappa shape index (κ2) is 9.44. The van der Waals surface area contributed by atoms with Gasteiger partial charge in [-0.15, -0.1) is 10.2 Å². The number of phenols is 1. The van der Waals surface area contributed by atoms with Crippen LogP contribution < -0.4 is 5.32 Å². The van der Waals surface area contributed by atoms with Crippen molar-refractivity contribution in [3.05, 3.63) is 95.9 Å². The maximum atomic E-state index is 13.3. The number of fused-ring (bicyclic) bond motifs is 1. The van der Waals surface area contributed by atoms with E-state index in [2.05, 4.69) is 30.6 Å². The van der Waals surface area contributed by atoms with Gasteiger partial charge in [-0.25, -0.2) is 9.97 Å². The van der Waals surface area contributed by atoms with Gasteiger partial charge in [0.15, 0.2) is 11.6 Å². The topological polar surface area (TPSA) is 141 Å². The summed E-state index contributed by atoms with van der Waals surface area (Å²) in [5.41, 5.74) is 1.83. The van der Waals surface area contributed by atoms with E-state index in [1.54, 1.807) is 36.4 Å². The highest BCUT2D eigenvalue weighted by molar-refractivity contribution is 6.16. The van der Waals surface area contributed by atoms with Gasteiger partial charge >= 0.3 is 0 Å². The molecule has 36 heavy (non-hydrogen) atoms. The molecule has 0 atom stereocenters. The first kappa shape index (κ1) is 22.4. The number of benzene rings is 3. The molecule has 5 aromatic rings. The first-order chi connectivity index (χ1) is 17.5. The van der Waals surface area contributed by atoms with E-state index in [1.165, 1.54) is 23.3 Å². The molecule has 5 rings (SSSR count). The van der Waals surface area contributed by atoms with Gasteiger partial charge in [-0.1, -0.05) is 36.4 Å². The fraction of sp³-hybridized carbons (Fsp3) is 0.0385. The lowest BCUT2D eigenvalue weighted by Gasteiger charge is -2.12. The number of amides is 1. The van der Waals surface area contributed by atoms with Crippen molar-refractivity contribution in [3.8, 4) is 17.8 Å². The standard InChI is InChI=1S/C26H18N8O2/c1-16-6-4-8-19(12-16)31-25(36)22-20-9-3-2-7-17(20)13-21(23(22)35)32-33-24-18(14-27)15-30-34(24)26-28-10-5-11-29-26/h2-13,15,35H,1H3,(H,31,36). The van der Waals surface area contributed by atoms with Crippen LogP contribution in [-0.4, -0.2) is 30.8 Å². The molecule has 2 aromatic heterocycles. The fourth-order valence-electron chi connectivity index (χ4n) is 3.71. The van der Waals surface area contributed by atoms with E-state index < -0.39 is 5.91 Å². The number of rotatable bonds is 5. The van der Waals surface area contributed by atoms with E-state index in [-0.39, 0.29) is 34.3 Å². The number of nitrogens with zero attached hydrogens (tertiary/aromatic N) is 7. The molecule has 3 aromatic carbocycles. The number of aromatic hydroxyl groups is 1. The number of carbonyl (C=O) groups is 1. The Morgan fingerprint density at radius 3 is 2.64 bits per heavy atom. The minimum Gasteiger partial charge on any atom is -0.505 e. The van der Waals surface area contributed by atoms with Crippen LogP contribution in [-0.2, 0) is 0 Å². The molecule has 0 saturated heterocycles. The van der Waals surface area contributed by atoms with Crippen molar-refractivity contribution in [2.24, 2.45) is 10.2 Å².